The minimum absolute atomic E-state index is 0.181. The molecular weight excluding hydrogens is 274 g/mol. The van der Waals surface area contributed by atoms with Gasteiger partial charge < -0.3 is 10.1 Å². The van der Waals surface area contributed by atoms with Crippen molar-refractivity contribution in [3.63, 3.8) is 0 Å². The summed E-state index contributed by atoms with van der Waals surface area (Å²) in [6.45, 7) is 7.86. The number of nitriles is 1. The van der Waals surface area contributed by atoms with Crippen LogP contribution in [0.5, 0.6) is 0 Å². The molecule has 0 aromatic heterocycles. The van der Waals surface area contributed by atoms with Gasteiger partial charge in [-0.15, -0.1) is 0 Å². The predicted octanol–water partition coefficient (Wildman–Crippen LogP) is 2.73. The van der Waals surface area contributed by atoms with Crippen molar-refractivity contribution in [2.75, 3.05) is 31.6 Å². The molecule has 1 aromatic carbocycles. The highest BCUT2D eigenvalue weighted by molar-refractivity contribution is 6.32. The second-order valence-corrected chi connectivity index (χ2v) is 5.68. The molecule has 1 unspecified atom stereocenters. The molecule has 0 spiro atoms. The van der Waals surface area contributed by atoms with Gasteiger partial charge in [-0.1, -0.05) is 11.6 Å². The molecule has 1 heterocycles. The topological polar surface area (TPSA) is 48.3 Å². The highest BCUT2D eigenvalue weighted by atomic mass is 35.5. The summed E-state index contributed by atoms with van der Waals surface area (Å²) in [5.74, 6) is 0. The van der Waals surface area contributed by atoms with Crippen molar-refractivity contribution in [1.82, 2.24) is 4.90 Å². The minimum Gasteiger partial charge on any atom is -0.382 e. The molecule has 1 N–H and O–H groups in total. The molecule has 1 atom stereocenters. The van der Waals surface area contributed by atoms with Gasteiger partial charge in [0.15, 0.2) is 0 Å². The number of halogens is 1. The highest BCUT2D eigenvalue weighted by Gasteiger charge is 2.21. The molecule has 1 aromatic rings. The average Bonchev–Trinajstić information content (AvgIpc) is 2.45. The van der Waals surface area contributed by atoms with E-state index in [-0.39, 0.29) is 6.10 Å². The van der Waals surface area contributed by atoms with Gasteiger partial charge in [0.1, 0.15) is 6.07 Å². The lowest BCUT2D eigenvalue weighted by atomic mass is 10.2. The SMILES string of the molecule is CC(C)N1CCOC(CNc2ccc(C#N)c(Cl)c2)C1. The molecule has 0 aliphatic carbocycles. The summed E-state index contributed by atoms with van der Waals surface area (Å²) in [6, 6.07) is 7.98. The number of nitrogens with one attached hydrogen (secondary N) is 1. The lowest BCUT2D eigenvalue weighted by molar-refractivity contribution is -0.0315. The zero-order valence-electron chi connectivity index (χ0n) is 11.9. The summed E-state index contributed by atoms with van der Waals surface area (Å²) >= 11 is 6.01. The van der Waals surface area contributed by atoms with Crippen molar-refractivity contribution >= 4 is 17.3 Å². The molecule has 5 heteroatoms. The molecule has 0 saturated carbocycles. The molecule has 0 radical (unpaired) electrons. The molecule has 108 valence electrons. The number of rotatable bonds is 4. The van der Waals surface area contributed by atoms with Crippen LogP contribution in [0.1, 0.15) is 19.4 Å². The Balaban J connectivity index is 1.89. The first-order chi connectivity index (χ1) is 9.60. The van der Waals surface area contributed by atoms with Crippen molar-refractivity contribution in [2.45, 2.75) is 26.0 Å². The van der Waals surface area contributed by atoms with E-state index in [0.717, 1.165) is 31.9 Å². The van der Waals surface area contributed by atoms with Gasteiger partial charge in [-0.25, -0.2) is 0 Å². The Morgan fingerprint density at radius 1 is 1.55 bits per heavy atom. The van der Waals surface area contributed by atoms with E-state index in [4.69, 9.17) is 21.6 Å². The quantitative estimate of drug-likeness (QED) is 0.927. The zero-order valence-corrected chi connectivity index (χ0v) is 12.7. The van der Waals surface area contributed by atoms with Crippen molar-refractivity contribution in [1.29, 1.82) is 5.26 Å². The molecule has 0 bridgehead atoms. The van der Waals surface area contributed by atoms with E-state index in [9.17, 15) is 0 Å². The van der Waals surface area contributed by atoms with E-state index >= 15 is 0 Å². The Morgan fingerprint density at radius 3 is 3.00 bits per heavy atom. The zero-order chi connectivity index (χ0) is 14.5. The summed E-state index contributed by atoms with van der Waals surface area (Å²) in [7, 11) is 0. The normalized spacial score (nSPS) is 19.9. The van der Waals surface area contributed by atoms with Crippen molar-refractivity contribution in [2.24, 2.45) is 0 Å². The Morgan fingerprint density at radius 2 is 2.35 bits per heavy atom. The van der Waals surface area contributed by atoms with Crippen LogP contribution in [0.3, 0.4) is 0 Å². The lowest BCUT2D eigenvalue weighted by Gasteiger charge is -2.35. The number of benzene rings is 1. The Labute approximate surface area is 125 Å². The van der Waals surface area contributed by atoms with E-state index in [2.05, 4.69) is 30.1 Å². The van der Waals surface area contributed by atoms with Gasteiger partial charge in [-0.2, -0.15) is 5.26 Å². The van der Waals surface area contributed by atoms with Crippen LogP contribution in [-0.4, -0.2) is 43.3 Å². The van der Waals surface area contributed by atoms with E-state index in [1.807, 2.05) is 6.07 Å². The van der Waals surface area contributed by atoms with Gasteiger partial charge in [0, 0.05) is 31.4 Å². The monoisotopic (exact) mass is 293 g/mol. The Bertz CT molecular complexity index is 498. The van der Waals surface area contributed by atoms with Gasteiger partial charge in [0.05, 0.1) is 23.3 Å². The van der Waals surface area contributed by atoms with Crippen molar-refractivity contribution in [3.8, 4) is 6.07 Å². The molecule has 1 aliphatic heterocycles. The van der Waals surface area contributed by atoms with Crippen LogP contribution < -0.4 is 5.32 Å². The number of ether oxygens (including phenoxy) is 1. The highest BCUT2D eigenvalue weighted by Crippen LogP contribution is 2.20. The van der Waals surface area contributed by atoms with E-state index in [1.54, 1.807) is 12.1 Å². The maximum Gasteiger partial charge on any atom is 0.101 e. The van der Waals surface area contributed by atoms with Gasteiger partial charge in [0.2, 0.25) is 0 Å². The van der Waals surface area contributed by atoms with E-state index in [1.165, 1.54) is 0 Å². The summed E-state index contributed by atoms with van der Waals surface area (Å²) in [5, 5.41) is 12.6. The molecular formula is C15H20ClN3O. The average molecular weight is 294 g/mol. The molecule has 1 aliphatic rings. The first-order valence-electron chi connectivity index (χ1n) is 6.89. The Kier molecular flexibility index (Phi) is 5.24. The first-order valence-corrected chi connectivity index (χ1v) is 7.27. The van der Waals surface area contributed by atoms with Crippen molar-refractivity contribution in [3.05, 3.63) is 28.8 Å². The molecule has 20 heavy (non-hydrogen) atoms. The third kappa shape index (κ3) is 3.86. The maximum atomic E-state index is 8.84. The van der Waals surface area contributed by atoms with Crippen LogP contribution in [0.15, 0.2) is 18.2 Å². The van der Waals surface area contributed by atoms with Crippen LogP contribution >= 0.6 is 11.6 Å². The summed E-state index contributed by atoms with van der Waals surface area (Å²) in [5.41, 5.74) is 1.41. The minimum atomic E-state index is 0.181. The Hall–Kier alpha value is -1.28. The third-order valence-electron chi connectivity index (χ3n) is 3.52. The van der Waals surface area contributed by atoms with Crippen molar-refractivity contribution < 1.29 is 4.74 Å². The van der Waals surface area contributed by atoms with Crippen LogP contribution in [0.25, 0.3) is 0 Å². The molecule has 1 saturated heterocycles. The van der Waals surface area contributed by atoms with Crippen LogP contribution in [0.4, 0.5) is 5.69 Å². The second-order valence-electron chi connectivity index (χ2n) is 5.27. The van der Waals surface area contributed by atoms with Gasteiger partial charge in [-0.3, -0.25) is 4.90 Å². The van der Waals surface area contributed by atoms with Crippen LogP contribution in [-0.2, 0) is 4.74 Å². The molecule has 4 nitrogen and oxygen atoms in total. The van der Waals surface area contributed by atoms with Crippen LogP contribution in [0.2, 0.25) is 5.02 Å². The fourth-order valence-corrected chi connectivity index (χ4v) is 2.50. The third-order valence-corrected chi connectivity index (χ3v) is 3.84. The maximum absolute atomic E-state index is 8.84. The fourth-order valence-electron chi connectivity index (χ4n) is 2.28. The summed E-state index contributed by atoms with van der Waals surface area (Å²) in [4.78, 5) is 2.42. The fraction of sp³-hybridized carbons (Fsp3) is 0.533. The predicted molar refractivity (Wildman–Crippen MR) is 81.1 cm³/mol. The van der Waals surface area contributed by atoms with Gasteiger partial charge >= 0.3 is 0 Å². The standard InChI is InChI=1S/C15H20ClN3O/c1-11(2)19-5-6-20-14(10-19)9-18-13-4-3-12(8-17)15(16)7-13/h3-4,7,11,14,18H,5-6,9-10H2,1-2H3. The van der Waals surface area contributed by atoms with E-state index < -0.39 is 0 Å². The molecule has 2 rings (SSSR count). The number of morpholine rings is 1. The molecule has 1 fully saturated rings. The lowest BCUT2D eigenvalue weighted by Crippen LogP contribution is -2.48. The molecule has 0 amide bonds. The second kappa shape index (κ2) is 6.94. The van der Waals surface area contributed by atoms with Gasteiger partial charge in [-0.05, 0) is 32.0 Å². The smallest absolute Gasteiger partial charge is 0.101 e. The largest absolute Gasteiger partial charge is 0.382 e. The van der Waals surface area contributed by atoms with E-state index in [0.29, 0.717) is 16.6 Å². The summed E-state index contributed by atoms with van der Waals surface area (Å²) < 4.78 is 5.77. The van der Waals surface area contributed by atoms with Gasteiger partial charge in [0.25, 0.3) is 0 Å². The first kappa shape index (κ1) is 15.1. The number of hydrogen-bond acceptors (Lipinski definition) is 4. The number of nitrogens with zero attached hydrogens (tertiary/aromatic N) is 2. The number of hydrogen-bond donors (Lipinski definition) is 1. The number of anilines is 1. The van der Waals surface area contributed by atoms with Crippen LogP contribution in [0, 0.1) is 11.3 Å². The summed E-state index contributed by atoms with van der Waals surface area (Å²) in [6.07, 6.45) is 0.181.